The fourth-order valence-corrected chi connectivity index (χ4v) is 1.72. The summed E-state index contributed by atoms with van der Waals surface area (Å²) in [6.07, 6.45) is 0.593. The van der Waals surface area contributed by atoms with Crippen LogP contribution >= 0.6 is 0 Å². The molecule has 0 saturated heterocycles. The van der Waals surface area contributed by atoms with Gasteiger partial charge in [-0.05, 0) is 38.5 Å². The van der Waals surface area contributed by atoms with E-state index in [1.807, 2.05) is 32.9 Å². The van der Waals surface area contributed by atoms with Gasteiger partial charge in [-0.15, -0.1) is 0 Å². The Labute approximate surface area is 126 Å². The molecular formula is C17H23NO3. The molecule has 21 heavy (non-hydrogen) atoms. The number of hydrogen-bond donors (Lipinski definition) is 2. The molecule has 0 bridgehead atoms. The van der Waals surface area contributed by atoms with Gasteiger partial charge in [0.05, 0.1) is 19.3 Å². The molecule has 0 fully saturated rings. The third-order valence-corrected chi connectivity index (χ3v) is 2.79. The van der Waals surface area contributed by atoms with Crippen molar-refractivity contribution in [2.45, 2.75) is 33.3 Å². The summed E-state index contributed by atoms with van der Waals surface area (Å²) in [5.74, 6) is 5.67. The SMILES string of the molecule is Cc1ccc(C#CCCO)cc1C(=O)NCCOC(C)C. The number of aliphatic hydroxyl groups is 1. The molecule has 1 rings (SSSR count). The van der Waals surface area contributed by atoms with Crippen LogP contribution in [0.2, 0.25) is 0 Å². The third-order valence-electron chi connectivity index (χ3n) is 2.79. The molecule has 0 unspecified atom stereocenters. The molecule has 4 heteroatoms. The van der Waals surface area contributed by atoms with E-state index >= 15 is 0 Å². The number of carbonyl (C=O) groups is 1. The van der Waals surface area contributed by atoms with Gasteiger partial charge in [-0.3, -0.25) is 4.79 Å². The Morgan fingerprint density at radius 2 is 2.19 bits per heavy atom. The molecule has 0 saturated carbocycles. The number of nitrogens with one attached hydrogen (secondary N) is 1. The standard InChI is InChI=1S/C17H23NO3/c1-13(2)21-11-9-18-17(20)16-12-15(6-4-5-10-19)8-7-14(16)3/h7-8,12-13,19H,5,9-11H2,1-3H3,(H,18,20). The second kappa shape index (κ2) is 9.17. The molecule has 0 radical (unpaired) electrons. The van der Waals surface area contributed by atoms with Crippen molar-refractivity contribution < 1.29 is 14.6 Å². The maximum atomic E-state index is 12.1. The number of aliphatic hydroxyl groups excluding tert-OH is 1. The fraction of sp³-hybridized carbons (Fsp3) is 0.471. The normalized spacial score (nSPS) is 10.1. The first-order valence-corrected chi connectivity index (χ1v) is 7.14. The van der Waals surface area contributed by atoms with E-state index in [9.17, 15) is 4.79 Å². The van der Waals surface area contributed by atoms with Crippen molar-refractivity contribution in [3.63, 3.8) is 0 Å². The predicted octanol–water partition coefficient (Wildman–Crippen LogP) is 1.88. The number of hydrogen-bond acceptors (Lipinski definition) is 3. The number of amides is 1. The molecule has 4 nitrogen and oxygen atoms in total. The second-order valence-electron chi connectivity index (χ2n) is 4.98. The summed E-state index contributed by atoms with van der Waals surface area (Å²) in [6.45, 7) is 6.84. The van der Waals surface area contributed by atoms with Gasteiger partial charge in [-0.2, -0.15) is 0 Å². The summed E-state index contributed by atoms with van der Waals surface area (Å²) in [6, 6.07) is 5.53. The van der Waals surface area contributed by atoms with Crippen LogP contribution in [-0.2, 0) is 4.74 Å². The zero-order valence-corrected chi connectivity index (χ0v) is 12.9. The molecule has 0 aromatic heterocycles. The van der Waals surface area contributed by atoms with E-state index in [1.54, 1.807) is 6.07 Å². The van der Waals surface area contributed by atoms with E-state index < -0.39 is 0 Å². The van der Waals surface area contributed by atoms with Gasteiger partial charge in [0, 0.05) is 24.1 Å². The van der Waals surface area contributed by atoms with Gasteiger partial charge < -0.3 is 15.2 Å². The smallest absolute Gasteiger partial charge is 0.251 e. The highest BCUT2D eigenvalue weighted by Gasteiger charge is 2.09. The van der Waals surface area contributed by atoms with Gasteiger partial charge in [0.15, 0.2) is 0 Å². The van der Waals surface area contributed by atoms with E-state index in [4.69, 9.17) is 9.84 Å². The summed E-state index contributed by atoms with van der Waals surface area (Å²) in [7, 11) is 0. The van der Waals surface area contributed by atoms with Crippen molar-refractivity contribution in [1.29, 1.82) is 0 Å². The number of carbonyl (C=O) groups excluding carboxylic acids is 1. The van der Waals surface area contributed by atoms with Crippen molar-refractivity contribution in [2.24, 2.45) is 0 Å². The van der Waals surface area contributed by atoms with E-state index in [0.717, 1.165) is 11.1 Å². The topological polar surface area (TPSA) is 58.6 Å². The zero-order valence-electron chi connectivity index (χ0n) is 12.9. The van der Waals surface area contributed by atoms with Crippen molar-refractivity contribution in [1.82, 2.24) is 5.32 Å². The second-order valence-corrected chi connectivity index (χ2v) is 4.98. The van der Waals surface area contributed by atoms with Crippen molar-refractivity contribution in [2.75, 3.05) is 19.8 Å². The first-order chi connectivity index (χ1) is 10.0. The van der Waals surface area contributed by atoms with Crippen LogP contribution in [0, 0.1) is 18.8 Å². The highest BCUT2D eigenvalue weighted by molar-refractivity contribution is 5.96. The summed E-state index contributed by atoms with van der Waals surface area (Å²) in [5.41, 5.74) is 2.30. The van der Waals surface area contributed by atoms with Crippen LogP contribution < -0.4 is 5.32 Å². The van der Waals surface area contributed by atoms with Gasteiger partial charge in [-0.1, -0.05) is 17.9 Å². The lowest BCUT2D eigenvalue weighted by molar-refractivity contribution is 0.0746. The van der Waals surface area contributed by atoms with Crippen LogP contribution in [0.1, 0.15) is 41.8 Å². The van der Waals surface area contributed by atoms with Gasteiger partial charge in [0.25, 0.3) is 5.91 Å². The molecule has 0 aliphatic heterocycles. The monoisotopic (exact) mass is 289 g/mol. The number of rotatable bonds is 6. The van der Waals surface area contributed by atoms with Gasteiger partial charge in [-0.25, -0.2) is 0 Å². The maximum absolute atomic E-state index is 12.1. The molecule has 114 valence electrons. The Kier molecular flexibility index (Phi) is 7.52. The summed E-state index contributed by atoms with van der Waals surface area (Å²) >= 11 is 0. The van der Waals surface area contributed by atoms with Crippen molar-refractivity contribution in [3.8, 4) is 11.8 Å². The number of ether oxygens (including phenoxy) is 1. The van der Waals surface area contributed by atoms with E-state index in [-0.39, 0.29) is 18.6 Å². The summed E-state index contributed by atoms with van der Waals surface area (Å²) in [4.78, 5) is 12.1. The van der Waals surface area contributed by atoms with Crippen LogP contribution in [-0.4, -0.2) is 36.9 Å². The van der Waals surface area contributed by atoms with E-state index in [2.05, 4.69) is 17.2 Å². The Hall–Kier alpha value is -1.83. The van der Waals surface area contributed by atoms with Crippen molar-refractivity contribution in [3.05, 3.63) is 34.9 Å². The minimum atomic E-state index is -0.120. The van der Waals surface area contributed by atoms with Crippen LogP contribution in [0.3, 0.4) is 0 Å². The molecule has 0 spiro atoms. The number of benzene rings is 1. The summed E-state index contributed by atoms with van der Waals surface area (Å²) < 4.78 is 5.39. The molecule has 0 aliphatic rings. The lowest BCUT2D eigenvalue weighted by Gasteiger charge is -2.10. The van der Waals surface area contributed by atoms with Gasteiger partial charge in [0.2, 0.25) is 0 Å². The Bertz CT molecular complexity index is 527. The molecule has 0 aliphatic carbocycles. The molecule has 0 atom stereocenters. The third kappa shape index (κ3) is 6.44. The minimum Gasteiger partial charge on any atom is -0.395 e. The summed E-state index contributed by atoms with van der Waals surface area (Å²) in [5, 5.41) is 11.5. The predicted molar refractivity (Wildman–Crippen MR) is 83.2 cm³/mol. The molecule has 1 aromatic carbocycles. The van der Waals surface area contributed by atoms with Gasteiger partial charge in [0.1, 0.15) is 0 Å². The molecule has 1 amide bonds. The maximum Gasteiger partial charge on any atom is 0.251 e. The lowest BCUT2D eigenvalue weighted by atomic mass is 10.0. The Morgan fingerprint density at radius 1 is 1.43 bits per heavy atom. The minimum absolute atomic E-state index is 0.0437. The molecule has 0 heterocycles. The van der Waals surface area contributed by atoms with Crippen LogP contribution in [0.5, 0.6) is 0 Å². The first-order valence-electron chi connectivity index (χ1n) is 7.14. The first kappa shape index (κ1) is 17.2. The van der Waals surface area contributed by atoms with E-state index in [0.29, 0.717) is 25.1 Å². The number of aryl methyl sites for hydroxylation is 1. The van der Waals surface area contributed by atoms with Crippen LogP contribution in [0.15, 0.2) is 18.2 Å². The fourth-order valence-electron chi connectivity index (χ4n) is 1.72. The quantitative estimate of drug-likeness (QED) is 0.621. The molecular weight excluding hydrogens is 266 g/mol. The average molecular weight is 289 g/mol. The van der Waals surface area contributed by atoms with Crippen LogP contribution in [0.25, 0.3) is 0 Å². The largest absolute Gasteiger partial charge is 0.395 e. The Balaban J connectivity index is 2.66. The molecule has 2 N–H and O–H groups in total. The van der Waals surface area contributed by atoms with E-state index in [1.165, 1.54) is 0 Å². The highest BCUT2D eigenvalue weighted by Crippen LogP contribution is 2.10. The molecule has 1 aromatic rings. The lowest BCUT2D eigenvalue weighted by Crippen LogP contribution is -2.28. The zero-order chi connectivity index (χ0) is 15.7. The van der Waals surface area contributed by atoms with Crippen LogP contribution in [0.4, 0.5) is 0 Å². The Morgan fingerprint density at radius 3 is 2.86 bits per heavy atom. The van der Waals surface area contributed by atoms with Crippen molar-refractivity contribution >= 4 is 5.91 Å². The van der Waals surface area contributed by atoms with Gasteiger partial charge >= 0.3 is 0 Å². The highest BCUT2D eigenvalue weighted by atomic mass is 16.5. The average Bonchev–Trinajstić information content (AvgIpc) is 2.45.